The van der Waals surface area contributed by atoms with Crippen molar-refractivity contribution >= 4 is 5.97 Å². The van der Waals surface area contributed by atoms with Gasteiger partial charge >= 0.3 is 5.97 Å². The van der Waals surface area contributed by atoms with E-state index in [0.29, 0.717) is 6.61 Å². The zero-order valence-corrected chi connectivity index (χ0v) is 11.2. The molecule has 98 valence electrons. The Morgan fingerprint density at radius 2 is 2.12 bits per heavy atom. The Hall–Kier alpha value is -0.830. The summed E-state index contributed by atoms with van der Waals surface area (Å²) in [6.07, 6.45) is 8.04. The lowest BCUT2D eigenvalue weighted by atomic mass is 9.82. The minimum atomic E-state index is -0.477. The number of carbonyl (C=O) groups excluding carboxylic acids is 1. The van der Waals surface area contributed by atoms with Crippen molar-refractivity contribution in [2.75, 3.05) is 6.61 Å². The van der Waals surface area contributed by atoms with Crippen LogP contribution in [0, 0.1) is 5.41 Å². The standard InChI is InChI=1S/C14H24O3/c1-4-10-14(5-2,6-3)13(15)17-12-9-7-8-11-16-12/h4,10,12H,5-9,11H2,1-3H3/b10-4-. The Balaban J connectivity index is 2.64. The van der Waals surface area contributed by atoms with Gasteiger partial charge in [0.15, 0.2) is 0 Å². The van der Waals surface area contributed by atoms with Gasteiger partial charge in [0.2, 0.25) is 6.29 Å². The minimum absolute atomic E-state index is 0.146. The number of ether oxygens (including phenoxy) is 2. The van der Waals surface area contributed by atoms with Gasteiger partial charge in [0.25, 0.3) is 0 Å². The summed E-state index contributed by atoms with van der Waals surface area (Å²) >= 11 is 0. The molecule has 1 aliphatic heterocycles. The Morgan fingerprint density at radius 3 is 2.59 bits per heavy atom. The first-order valence-corrected chi connectivity index (χ1v) is 6.65. The van der Waals surface area contributed by atoms with Crippen molar-refractivity contribution in [3.05, 3.63) is 12.2 Å². The highest BCUT2D eigenvalue weighted by Crippen LogP contribution is 2.31. The van der Waals surface area contributed by atoms with E-state index in [1.807, 2.05) is 32.9 Å². The molecular weight excluding hydrogens is 216 g/mol. The van der Waals surface area contributed by atoms with Gasteiger partial charge in [-0.1, -0.05) is 26.0 Å². The van der Waals surface area contributed by atoms with Crippen LogP contribution in [-0.2, 0) is 14.3 Å². The lowest BCUT2D eigenvalue weighted by Crippen LogP contribution is -2.35. The summed E-state index contributed by atoms with van der Waals surface area (Å²) in [5.74, 6) is -0.146. The first kappa shape index (κ1) is 14.2. The molecule has 1 fully saturated rings. The van der Waals surface area contributed by atoms with Gasteiger partial charge in [-0.15, -0.1) is 0 Å². The van der Waals surface area contributed by atoms with E-state index < -0.39 is 5.41 Å². The molecule has 17 heavy (non-hydrogen) atoms. The van der Waals surface area contributed by atoms with Crippen LogP contribution in [0.25, 0.3) is 0 Å². The molecule has 1 aliphatic rings. The normalized spacial score (nSPS) is 21.7. The molecule has 1 saturated heterocycles. The summed E-state index contributed by atoms with van der Waals surface area (Å²) in [5, 5.41) is 0. The summed E-state index contributed by atoms with van der Waals surface area (Å²) in [5.41, 5.74) is -0.477. The number of hydrogen-bond acceptors (Lipinski definition) is 3. The van der Waals surface area contributed by atoms with Gasteiger partial charge in [-0.3, -0.25) is 4.79 Å². The number of hydrogen-bond donors (Lipinski definition) is 0. The predicted octanol–water partition coefficient (Wildman–Crippen LogP) is 3.44. The third-order valence-electron chi connectivity index (χ3n) is 3.53. The molecule has 0 saturated carbocycles. The van der Waals surface area contributed by atoms with Crippen LogP contribution in [0.1, 0.15) is 52.9 Å². The molecule has 1 unspecified atom stereocenters. The molecule has 3 nitrogen and oxygen atoms in total. The fraction of sp³-hybridized carbons (Fsp3) is 0.786. The highest BCUT2D eigenvalue weighted by Gasteiger charge is 2.35. The van der Waals surface area contributed by atoms with Crippen molar-refractivity contribution in [1.29, 1.82) is 0 Å². The van der Waals surface area contributed by atoms with Crippen LogP contribution in [0.4, 0.5) is 0 Å². The van der Waals surface area contributed by atoms with E-state index in [-0.39, 0.29) is 12.3 Å². The van der Waals surface area contributed by atoms with E-state index in [1.165, 1.54) is 0 Å². The molecule has 3 heteroatoms. The van der Waals surface area contributed by atoms with Gasteiger partial charge in [-0.2, -0.15) is 0 Å². The van der Waals surface area contributed by atoms with E-state index in [1.54, 1.807) is 0 Å². The number of esters is 1. The topological polar surface area (TPSA) is 35.5 Å². The maximum atomic E-state index is 12.2. The van der Waals surface area contributed by atoms with E-state index in [9.17, 15) is 4.79 Å². The van der Waals surface area contributed by atoms with Gasteiger partial charge in [-0.25, -0.2) is 0 Å². The average molecular weight is 240 g/mol. The Kier molecular flexibility index (Phi) is 5.69. The van der Waals surface area contributed by atoms with E-state index in [4.69, 9.17) is 9.47 Å². The second kappa shape index (κ2) is 6.80. The summed E-state index contributed by atoms with van der Waals surface area (Å²) in [6.45, 7) is 6.68. The molecule has 1 rings (SSSR count). The first-order chi connectivity index (χ1) is 8.18. The molecule has 0 spiro atoms. The first-order valence-electron chi connectivity index (χ1n) is 6.65. The molecule has 0 aromatic carbocycles. The lowest BCUT2D eigenvalue weighted by molar-refractivity contribution is -0.195. The molecule has 1 heterocycles. The fourth-order valence-electron chi connectivity index (χ4n) is 2.20. The highest BCUT2D eigenvalue weighted by atomic mass is 16.7. The molecule has 1 atom stereocenters. The quantitative estimate of drug-likeness (QED) is 0.545. The summed E-state index contributed by atoms with van der Waals surface area (Å²) in [7, 11) is 0. The monoisotopic (exact) mass is 240 g/mol. The Bertz CT molecular complexity index is 261. The van der Waals surface area contributed by atoms with Crippen LogP contribution in [0.5, 0.6) is 0 Å². The molecule has 0 amide bonds. The second-order valence-electron chi connectivity index (χ2n) is 4.56. The zero-order valence-electron chi connectivity index (χ0n) is 11.2. The molecule has 0 N–H and O–H groups in total. The van der Waals surface area contributed by atoms with E-state index >= 15 is 0 Å². The summed E-state index contributed by atoms with van der Waals surface area (Å²) in [6, 6.07) is 0. The van der Waals surface area contributed by atoms with Gasteiger partial charge in [0.1, 0.15) is 0 Å². The summed E-state index contributed by atoms with van der Waals surface area (Å²) in [4.78, 5) is 12.2. The summed E-state index contributed by atoms with van der Waals surface area (Å²) < 4.78 is 10.9. The van der Waals surface area contributed by atoms with Crippen LogP contribution in [0.3, 0.4) is 0 Å². The van der Waals surface area contributed by atoms with Crippen molar-refractivity contribution in [3.8, 4) is 0 Å². The number of allylic oxidation sites excluding steroid dienone is 1. The zero-order chi connectivity index (χ0) is 12.7. The van der Waals surface area contributed by atoms with E-state index in [2.05, 4.69) is 0 Å². The van der Waals surface area contributed by atoms with Crippen molar-refractivity contribution in [3.63, 3.8) is 0 Å². The van der Waals surface area contributed by atoms with Crippen molar-refractivity contribution in [2.24, 2.45) is 5.41 Å². The van der Waals surface area contributed by atoms with Crippen LogP contribution in [-0.4, -0.2) is 18.9 Å². The number of rotatable bonds is 5. The van der Waals surface area contributed by atoms with Crippen molar-refractivity contribution in [2.45, 2.75) is 59.2 Å². The van der Waals surface area contributed by atoms with Gasteiger partial charge in [-0.05, 0) is 32.6 Å². The minimum Gasteiger partial charge on any atom is -0.435 e. The second-order valence-corrected chi connectivity index (χ2v) is 4.56. The van der Waals surface area contributed by atoms with Crippen LogP contribution in [0.2, 0.25) is 0 Å². The largest absolute Gasteiger partial charge is 0.435 e. The molecule has 0 aromatic rings. The van der Waals surface area contributed by atoms with Crippen molar-refractivity contribution in [1.82, 2.24) is 0 Å². The Morgan fingerprint density at radius 1 is 1.41 bits per heavy atom. The third-order valence-corrected chi connectivity index (χ3v) is 3.53. The van der Waals surface area contributed by atoms with Gasteiger partial charge < -0.3 is 9.47 Å². The molecule has 0 bridgehead atoms. The van der Waals surface area contributed by atoms with Crippen LogP contribution >= 0.6 is 0 Å². The SMILES string of the molecule is C/C=C\C(CC)(CC)C(=O)OC1CCCCO1. The molecule has 0 aliphatic carbocycles. The molecule has 0 radical (unpaired) electrons. The van der Waals surface area contributed by atoms with Crippen LogP contribution in [0.15, 0.2) is 12.2 Å². The average Bonchev–Trinajstić information content (AvgIpc) is 2.37. The van der Waals surface area contributed by atoms with Crippen molar-refractivity contribution < 1.29 is 14.3 Å². The Labute approximate surface area is 104 Å². The molecular formula is C14H24O3. The fourth-order valence-corrected chi connectivity index (χ4v) is 2.20. The highest BCUT2D eigenvalue weighted by molar-refractivity contribution is 5.79. The number of carbonyl (C=O) groups is 1. The van der Waals surface area contributed by atoms with E-state index in [0.717, 1.165) is 32.1 Å². The predicted molar refractivity (Wildman–Crippen MR) is 67.5 cm³/mol. The van der Waals surface area contributed by atoms with Gasteiger partial charge in [0, 0.05) is 6.42 Å². The maximum absolute atomic E-state index is 12.2. The van der Waals surface area contributed by atoms with Crippen LogP contribution < -0.4 is 0 Å². The molecule has 0 aromatic heterocycles. The van der Waals surface area contributed by atoms with Gasteiger partial charge in [0.05, 0.1) is 12.0 Å². The third kappa shape index (κ3) is 3.56. The lowest BCUT2D eigenvalue weighted by Gasteiger charge is -2.30. The smallest absolute Gasteiger partial charge is 0.318 e. The maximum Gasteiger partial charge on any atom is 0.318 e.